The lowest BCUT2D eigenvalue weighted by Gasteiger charge is -2.25. The second-order valence-electron chi connectivity index (χ2n) is 4.48. The smallest absolute Gasteiger partial charge is 0.251 e. The van der Waals surface area contributed by atoms with Gasteiger partial charge in [0.25, 0.3) is 5.91 Å². The van der Waals surface area contributed by atoms with E-state index >= 15 is 0 Å². The molecule has 0 aromatic heterocycles. The van der Waals surface area contributed by atoms with Gasteiger partial charge in [0.05, 0.1) is 5.60 Å². The lowest BCUT2D eigenvalue weighted by atomic mass is 9.97. The predicted octanol–water partition coefficient (Wildman–Crippen LogP) is 2.28. The molecule has 1 aromatic carbocycles. The van der Waals surface area contributed by atoms with Crippen LogP contribution in [0.3, 0.4) is 0 Å². The monoisotopic (exact) mass is 235 g/mol. The number of benzene rings is 1. The van der Waals surface area contributed by atoms with Crippen molar-refractivity contribution in [2.75, 3.05) is 6.54 Å². The van der Waals surface area contributed by atoms with Crippen LogP contribution in [0.2, 0.25) is 0 Å². The van der Waals surface area contributed by atoms with Gasteiger partial charge in [0.15, 0.2) is 0 Å². The van der Waals surface area contributed by atoms with E-state index in [1.54, 1.807) is 6.07 Å². The van der Waals surface area contributed by atoms with Crippen LogP contribution in [0, 0.1) is 6.92 Å². The van der Waals surface area contributed by atoms with Crippen LogP contribution >= 0.6 is 0 Å². The summed E-state index contributed by atoms with van der Waals surface area (Å²) in [5.41, 5.74) is 0.901. The Hall–Kier alpha value is -1.35. The Kier molecular flexibility index (Phi) is 4.70. The first kappa shape index (κ1) is 13.7. The molecule has 3 heteroatoms. The summed E-state index contributed by atoms with van der Waals surface area (Å²) in [6, 6.07) is 7.42. The van der Waals surface area contributed by atoms with E-state index in [2.05, 4.69) is 5.32 Å². The number of aryl methyl sites for hydroxylation is 1. The summed E-state index contributed by atoms with van der Waals surface area (Å²) < 4.78 is 0. The van der Waals surface area contributed by atoms with Crippen molar-refractivity contribution in [3.63, 3.8) is 0 Å². The molecule has 17 heavy (non-hydrogen) atoms. The molecule has 0 spiro atoms. The SMILES string of the molecule is CCC(O)(CC)CNC(=O)c1cccc(C)c1. The summed E-state index contributed by atoms with van der Waals surface area (Å²) in [4.78, 5) is 11.9. The van der Waals surface area contributed by atoms with Crippen molar-refractivity contribution < 1.29 is 9.90 Å². The lowest BCUT2D eigenvalue weighted by molar-refractivity contribution is 0.0314. The normalized spacial score (nSPS) is 11.3. The van der Waals surface area contributed by atoms with Gasteiger partial charge in [-0.05, 0) is 31.9 Å². The first-order valence-electron chi connectivity index (χ1n) is 6.08. The molecule has 0 radical (unpaired) electrons. The third kappa shape index (κ3) is 3.86. The first-order valence-corrected chi connectivity index (χ1v) is 6.08. The van der Waals surface area contributed by atoms with Crippen LogP contribution in [0.25, 0.3) is 0 Å². The van der Waals surface area contributed by atoms with Crippen LogP contribution in [0.4, 0.5) is 0 Å². The van der Waals surface area contributed by atoms with Crippen molar-refractivity contribution >= 4 is 5.91 Å². The largest absolute Gasteiger partial charge is 0.388 e. The minimum Gasteiger partial charge on any atom is -0.388 e. The Morgan fingerprint density at radius 3 is 2.53 bits per heavy atom. The van der Waals surface area contributed by atoms with Crippen molar-refractivity contribution in [1.29, 1.82) is 0 Å². The number of hydrogen-bond donors (Lipinski definition) is 2. The van der Waals surface area contributed by atoms with Gasteiger partial charge in [0, 0.05) is 12.1 Å². The Bertz CT molecular complexity index is 384. The maximum atomic E-state index is 11.9. The third-order valence-electron chi connectivity index (χ3n) is 3.17. The molecular formula is C14H21NO2. The molecule has 0 aliphatic rings. The van der Waals surface area contributed by atoms with Crippen LogP contribution in [-0.4, -0.2) is 23.2 Å². The van der Waals surface area contributed by atoms with Crippen LogP contribution in [0.1, 0.15) is 42.6 Å². The molecule has 0 aliphatic carbocycles. The Morgan fingerprint density at radius 1 is 1.35 bits per heavy atom. The summed E-state index contributed by atoms with van der Waals surface area (Å²) in [6.45, 7) is 6.09. The van der Waals surface area contributed by atoms with Crippen LogP contribution in [0.5, 0.6) is 0 Å². The fraction of sp³-hybridized carbons (Fsp3) is 0.500. The molecule has 1 aromatic rings. The molecule has 1 rings (SSSR count). The molecule has 0 aliphatic heterocycles. The van der Waals surface area contributed by atoms with E-state index in [1.165, 1.54) is 0 Å². The summed E-state index contributed by atoms with van der Waals surface area (Å²) in [5.74, 6) is -0.131. The van der Waals surface area contributed by atoms with Gasteiger partial charge in [0.1, 0.15) is 0 Å². The van der Waals surface area contributed by atoms with E-state index in [0.29, 0.717) is 24.9 Å². The maximum absolute atomic E-state index is 11.9. The van der Waals surface area contributed by atoms with E-state index in [0.717, 1.165) is 5.56 Å². The molecule has 0 saturated carbocycles. The van der Waals surface area contributed by atoms with Crippen molar-refractivity contribution in [2.24, 2.45) is 0 Å². The third-order valence-corrected chi connectivity index (χ3v) is 3.17. The second kappa shape index (κ2) is 5.82. The molecule has 0 atom stereocenters. The highest BCUT2D eigenvalue weighted by molar-refractivity contribution is 5.94. The summed E-state index contributed by atoms with van der Waals surface area (Å²) >= 11 is 0. The van der Waals surface area contributed by atoms with Crippen molar-refractivity contribution in [3.8, 4) is 0 Å². The molecule has 0 unspecified atom stereocenters. The number of amides is 1. The Labute approximate surface area is 103 Å². The first-order chi connectivity index (χ1) is 8.00. The maximum Gasteiger partial charge on any atom is 0.251 e. The lowest BCUT2D eigenvalue weighted by Crippen LogP contribution is -2.42. The number of hydrogen-bond acceptors (Lipinski definition) is 2. The highest BCUT2D eigenvalue weighted by Gasteiger charge is 2.22. The van der Waals surface area contributed by atoms with Gasteiger partial charge in [-0.1, -0.05) is 31.5 Å². The van der Waals surface area contributed by atoms with Gasteiger partial charge in [-0.15, -0.1) is 0 Å². The van der Waals surface area contributed by atoms with Crippen LogP contribution in [0.15, 0.2) is 24.3 Å². The molecule has 3 nitrogen and oxygen atoms in total. The molecule has 1 amide bonds. The molecule has 0 fully saturated rings. The topological polar surface area (TPSA) is 49.3 Å². The molecule has 94 valence electrons. The Balaban J connectivity index is 2.62. The standard InChI is InChI=1S/C14H21NO2/c1-4-14(17,5-2)10-15-13(16)12-8-6-7-11(3)9-12/h6-9,17H,4-5,10H2,1-3H3,(H,15,16). The van der Waals surface area contributed by atoms with Gasteiger partial charge in [-0.25, -0.2) is 0 Å². The highest BCUT2D eigenvalue weighted by atomic mass is 16.3. The molecule has 0 bridgehead atoms. The van der Waals surface area contributed by atoms with Gasteiger partial charge in [-0.2, -0.15) is 0 Å². The quantitative estimate of drug-likeness (QED) is 0.822. The molecule has 2 N–H and O–H groups in total. The average Bonchev–Trinajstić information content (AvgIpc) is 2.35. The van der Waals surface area contributed by atoms with E-state index in [-0.39, 0.29) is 5.91 Å². The fourth-order valence-electron chi connectivity index (χ4n) is 1.63. The van der Waals surface area contributed by atoms with Gasteiger partial charge in [-0.3, -0.25) is 4.79 Å². The molecular weight excluding hydrogens is 214 g/mol. The summed E-state index contributed by atoms with van der Waals surface area (Å²) in [7, 11) is 0. The van der Waals surface area contributed by atoms with E-state index in [1.807, 2.05) is 39.0 Å². The van der Waals surface area contributed by atoms with E-state index in [4.69, 9.17) is 0 Å². The Morgan fingerprint density at radius 2 is 2.00 bits per heavy atom. The minimum atomic E-state index is -0.792. The zero-order valence-electron chi connectivity index (χ0n) is 10.8. The summed E-state index contributed by atoms with van der Waals surface area (Å²) in [6.07, 6.45) is 1.27. The number of carbonyl (C=O) groups excluding carboxylic acids is 1. The average molecular weight is 235 g/mol. The van der Waals surface area contributed by atoms with Gasteiger partial charge < -0.3 is 10.4 Å². The fourth-order valence-corrected chi connectivity index (χ4v) is 1.63. The second-order valence-corrected chi connectivity index (χ2v) is 4.48. The minimum absolute atomic E-state index is 0.131. The molecule has 0 saturated heterocycles. The number of carbonyl (C=O) groups is 1. The van der Waals surface area contributed by atoms with E-state index < -0.39 is 5.60 Å². The summed E-state index contributed by atoms with van der Waals surface area (Å²) in [5, 5.41) is 12.8. The number of rotatable bonds is 5. The van der Waals surface area contributed by atoms with Gasteiger partial charge >= 0.3 is 0 Å². The number of aliphatic hydroxyl groups is 1. The highest BCUT2D eigenvalue weighted by Crippen LogP contribution is 2.13. The van der Waals surface area contributed by atoms with Crippen LogP contribution < -0.4 is 5.32 Å². The zero-order valence-corrected chi connectivity index (χ0v) is 10.8. The number of nitrogens with one attached hydrogen (secondary N) is 1. The van der Waals surface area contributed by atoms with E-state index in [9.17, 15) is 9.90 Å². The van der Waals surface area contributed by atoms with Crippen LogP contribution in [-0.2, 0) is 0 Å². The van der Waals surface area contributed by atoms with Gasteiger partial charge in [0.2, 0.25) is 0 Å². The van der Waals surface area contributed by atoms with Crippen molar-refractivity contribution in [3.05, 3.63) is 35.4 Å². The zero-order chi connectivity index (χ0) is 12.9. The van der Waals surface area contributed by atoms with Crippen molar-refractivity contribution in [2.45, 2.75) is 39.2 Å². The molecule has 0 heterocycles. The van der Waals surface area contributed by atoms with Crippen molar-refractivity contribution in [1.82, 2.24) is 5.32 Å². The predicted molar refractivity (Wildman–Crippen MR) is 69.0 cm³/mol.